The summed E-state index contributed by atoms with van der Waals surface area (Å²) >= 11 is 0. The molecule has 0 aliphatic rings. The van der Waals surface area contributed by atoms with Crippen LogP contribution in [0, 0.1) is 0 Å². The van der Waals surface area contributed by atoms with Crippen molar-refractivity contribution in [3.63, 3.8) is 0 Å². The molecule has 0 fully saturated rings. The number of aromatic nitrogens is 4. The largest absolute Gasteiger partial charge is 0.255 e. The number of fused-ring (bicyclic) bond motifs is 7. The predicted molar refractivity (Wildman–Crippen MR) is 87.6 cm³/mol. The van der Waals surface area contributed by atoms with E-state index in [1.165, 1.54) is 0 Å². The first kappa shape index (κ1) is 11.5. The van der Waals surface area contributed by atoms with Crippen molar-refractivity contribution < 1.29 is 0 Å². The van der Waals surface area contributed by atoms with Gasteiger partial charge in [-0.25, -0.2) is 9.97 Å². The van der Waals surface area contributed by atoms with Crippen LogP contribution in [0.2, 0.25) is 0 Å². The SMILES string of the molecule is c1ccc2nc3c4ncccc4c4ncccc4c3nc2c1. The molecule has 4 heteroatoms. The summed E-state index contributed by atoms with van der Waals surface area (Å²) in [6.45, 7) is 0. The molecule has 4 nitrogen and oxygen atoms in total. The number of para-hydroxylation sites is 2. The second kappa shape index (κ2) is 4.18. The highest BCUT2D eigenvalue weighted by Crippen LogP contribution is 2.31. The third kappa shape index (κ3) is 1.46. The standard InChI is InChI=1S/C18H10N4/c1-2-8-14-13(7-1)21-17-12-6-4-9-19-15(12)11-5-3-10-20-16(11)18(17)22-14/h1-10H. The van der Waals surface area contributed by atoms with Crippen LogP contribution in [0.15, 0.2) is 60.9 Å². The molecule has 0 radical (unpaired) electrons. The summed E-state index contributed by atoms with van der Waals surface area (Å²) < 4.78 is 0. The van der Waals surface area contributed by atoms with Gasteiger partial charge in [-0.3, -0.25) is 9.97 Å². The average molecular weight is 282 g/mol. The monoisotopic (exact) mass is 282 g/mol. The van der Waals surface area contributed by atoms with Crippen molar-refractivity contribution in [2.45, 2.75) is 0 Å². The number of rotatable bonds is 0. The van der Waals surface area contributed by atoms with Crippen molar-refractivity contribution in [1.82, 2.24) is 19.9 Å². The van der Waals surface area contributed by atoms with Gasteiger partial charge in [-0.2, -0.15) is 0 Å². The molecule has 3 aromatic heterocycles. The second-order valence-electron chi connectivity index (χ2n) is 5.21. The van der Waals surface area contributed by atoms with Crippen LogP contribution in [0.5, 0.6) is 0 Å². The summed E-state index contributed by atoms with van der Waals surface area (Å²) in [5.41, 5.74) is 5.22. The minimum atomic E-state index is 0.829. The maximum atomic E-state index is 4.81. The number of pyridine rings is 2. The molecule has 0 saturated heterocycles. The normalized spacial score (nSPS) is 11.6. The van der Waals surface area contributed by atoms with Gasteiger partial charge in [0.05, 0.1) is 16.6 Å². The Morgan fingerprint density at radius 3 is 1.82 bits per heavy atom. The number of hydrogen-bond donors (Lipinski definition) is 0. The van der Waals surface area contributed by atoms with Gasteiger partial charge in [-0.05, 0) is 36.4 Å². The summed E-state index contributed by atoms with van der Waals surface area (Å²) in [6.07, 6.45) is 3.59. The van der Waals surface area contributed by atoms with E-state index in [4.69, 9.17) is 9.97 Å². The van der Waals surface area contributed by atoms with E-state index in [9.17, 15) is 0 Å². The molecule has 0 N–H and O–H groups in total. The van der Waals surface area contributed by atoms with Crippen LogP contribution < -0.4 is 0 Å². The van der Waals surface area contributed by atoms with E-state index < -0.39 is 0 Å². The highest BCUT2D eigenvalue weighted by atomic mass is 14.8. The Labute approximate surface area is 125 Å². The van der Waals surface area contributed by atoms with Gasteiger partial charge in [0.15, 0.2) is 0 Å². The Morgan fingerprint density at radius 1 is 0.500 bits per heavy atom. The summed E-state index contributed by atoms with van der Waals surface area (Å²) in [7, 11) is 0. The van der Waals surface area contributed by atoms with Crippen LogP contribution >= 0.6 is 0 Å². The Morgan fingerprint density at radius 2 is 1.09 bits per heavy atom. The highest BCUT2D eigenvalue weighted by molar-refractivity contribution is 6.21. The van der Waals surface area contributed by atoms with Crippen molar-refractivity contribution in [3.05, 3.63) is 60.9 Å². The lowest BCUT2D eigenvalue weighted by atomic mass is 10.1. The summed E-state index contributed by atoms with van der Waals surface area (Å²) in [5, 5.41) is 2.02. The maximum Gasteiger partial charge on any atom is 0.116 e. The first-order valence-corrected chi connectivity index (χ1v) is 7.10. The summed E-state index contributed by atoms with van der Waals surface area (Å²) in [5.74, 6) is 0. The van der Waals surface area contributed by atoms with E-state index in [2.05, 4.69) is 9.97 Å². The van der Waals surface area contributed by atoms with Gasteiger partial charge in [0.2, 0.25) is 0 Å². The van der Waals surface area contributed by atoms with E-state index in [1.54, 1.807) is 12.4 Å². The van der Waals surface area contributed by atoms with Gasteiger partial charge in [0, 0.05) is 23.2 Å². The molecule has 0 aliphatic carbocycles. The van der Waals surface area contributed by atoms with Gasteiger partial charge < -0.3 is 0 Å². The van der Waals surface area contributed by atoms with Crippen LogP contribution in [-0.2, 0) is 0 Å². The van der Waals surface area contributed by atoms with Crippen LogP contribution in [-0.4, -0.2) is 19.9 Å². The molecule has 0 bridgehead atoms. The van der Waals surface area contributed by atoms with Crippen LogP contribution in [0.1, 0.15) is 0 Å². The first-order chi connectivity index (χ1) is 10.9. The molecule has 0 aliphatic heterocycles. The minimum absolute atomic E-state index is 0.829. The molecule has 3 heterocycles. The number of hydrogen-bond acceptors (Lipinski definition) is 4. The minimum Gasteiger partial charge on any atom is -0.255 e. The highest BCUT2D eigenvalue weighted by Gasteiger charge is 2.13. The molecular weight excluding hydrogens is 272 g/mol. The molecule has 0 atom stereocenters. The van der Waals surface area contributed by atoms with E-state index in [0.717, 1.165) is 43.9 Å². The fourth-order valence-corrected chi connectivity index (χ4v) is 2.95. The Hall–Kier alpha value is -3.14. The van der Waals surface area contributed by atoms with E-state index >= 15 is 0 Å². The summed E-state index contributed by atoms with van der Waals surface area (Å²) in [4.78, 5) is 18.7. The summed E-state index contributed by atoms with van der Waals surface area (Å²) in [6, 6.07) is 15.8. The van der Waals surface area contributed by atoms with Crippen molar-refractivity contribution in [2.24, 2.45) is 0 Å². The van der Waals surface area contributed by atoms with Gasteiger partial charge >= 0.3 is 0 Å². The molecule has 0 unspecified atom stereocenters. The lowest BCUT2D eigenvalue weighted by Gasteiger charge is -2.08. The fraction of sp³-hybridized carbons (Fsp3) is 0. The molecule has 0 saturated carbocycles. The quantitative estimate of drug-likeness (QED) is 0.319. The Balaban J connectivity index is 2.17. The van der Waals surface area contributed by atoms with Gasteiger partial charge in [0.1, 0.15) is 16.6 Å². The van der Waals surface area contributed by atoms with Crippen LogP contribution in [0.3, 0.4) is 0 Å². The molecule has 2 aromatic carbocycles. The zero-order valence-electron chi connectivity index (χ0n) is 11.6. The predicted octanol–water partition coefficient (Wildman–Crippen LogP) is 3.88. The first-order valence-electron chi connectivity index (χ1n) is 7.10. The molecule has 0 spiro atoms. The fourth-order valence-electron chi connectivity index (χ4n) is 2.95. The molecular formula is C18H10N4. The zero-order valence-corrected chi connectivity index (χ0v) is 11.6. The zero-order chi connectivity index (χ0) is 14.5. The van der Waals surface area contributed by atoms with E-state index in [0.29, 0.717) is 0 Å². The molecule has 22 heavy (non-hydrogen) atoms. The van der Waals surface area contributed by atoms with Gasteiger partial charge in [-0.15, -0.1) is 0 Å². The second-order valence-corrected chi connectivity index (χ2v) is 5.21. The Bertz CT molecular complexity index is 1090. The van der Waals surface area contributed by atoms with Gasteiger partial charge in [0.25, 0.3) is 0 Å². The van der Waals surface area contributed by atoms with Crippen molar-refractivity contribution >= 4 is 43.9 Å². The molecule has 0 amide bonds. The molecule has 5 rings (SSSR count). The molecule has 102 valence electrons. The van der Waals surface area contributed by atoms with Crippen molar-refractivity contribution in [3.8, 4) is 0 Å². The number of nitrogens with zero attached hydrogens (tertiary/aromatic N) is 4. The lowest BCUT2D eigenvalue weighted by molar-refractivity contribution is 1.36. The van der Waals surface area contributed by atoms with Crippen LogP contribution in [0.4, 0.5) is 0 Å². The lowest BCUT2D eigenvalue weighted by Crippen LogP contribution is -1.93. The van der Waals surface area contributed by atoms with Gasteiger partial charge in [-0.1, -0.05) is 12.1 Å². The average Bonchev–Trinajstić information content (AvgIpc) is 2.61. The smallest absolute Gasteiger partial charge is 0.116 e. The topological polar surface area (TPSA) is 51.6 Å². The maximum absolute atomic E-state index is 4.81. The molecule has 5 aromatic rings. The number of benzene rings is 2. The van der Waals surface area contributed by atoms with Crippen molar-refractivity contribution in [1.29, 1.82) is 0 Å². The van der Waals surface area contributed by atoms with E-state index in [1.807, 2.05) is 48.5 Å². The third-order valence-corrected chi connectivity index (χ3v) is 3.92. The van der Waals surface area contributed by atoms with Crippen LogP contribution in [0.25, 0.3) is 43.9 Å². The van der Waals surface area contributed by atoms with Crippen molar-refractivity contribution in [2.75, 3.05) is 0 Å². The Kier molecular flexibility index (Phi) is 2.19. The third-order valence-electron chi connectivity index (χ3n) is 3.92. The van der Waals surface area contributed by atoms with E-state index in [-0.39, 0.29) is 0 Å².